The Morgan fingerprint density at radius 1 is 1.26 bits per heavy atom. The van der Waals surface area contributed by atoms with Crippen molar-refractivity contribution in [1.82, 2.24) is 4.98 Å². The molecule has 3 nitrogen and oxygen atoms in total. The maximum absolute atomic E-state index is 13.4. The average Bonchev–Trinajstić information content (AvgIpc) is 2.46. The molecule has 0 unspecified atom stereocenters. The van der Waals surface area contributed by atoms with Crippen LogP contribution in [0.2, 0.25) is 0 Å². The third-order valence-electron chi connectivity index (χ3n) is 2.93. The van der Waals surface area contributed by atoms with Crippen molar-refractivity contribution in [1.29, 1.82) is 0 Å². The lowest BCUT2D eigenvalue weighted by Crippen LogP contribution is -2.10. The van der Waals surface area contributed by atoms with Gasteiger partial charge in [0, 0.05) is 11.6 Å². The first-order valence-corrected chi connectivity index (χ1v) is 6.28. The van der Waals surface area contributed by atoms with Crippen molar-refractivity contribution < 1.29 is 9.13 Å². The summed E-state index contributed by atoms with van der Waals surface area (Å²) in [5, 5.41) is 0. The van der Waals surface area contributed by atoms with Crippen LogP contribution < -0.4 is 10.5 Å². The van der Waals surface area contributed by atoms with Crippen LogP contribution in [0.3, 0.4) is 0 Å². The van der Waals surface area contributed by atoms with Gasteiger partial charge >= 0.3 is 0 Å². The summed E-state index contributed by atoms with van der Waals surface area (Å²) in [5.41, 5.74) is 7.24. The van der Waals surface area contributed by atoms with E-state index in [1.807, 2.05) is 13.0 Å². The third kappa shape index (κ3) is 3.51. The van der Waals surface area contributed by atoms with E-state index >= 15 is 0 Å². The van der Waals surface area contributed by atoms with Crippen molar-refractivity contribution in [3.63, 3.8) is 0 Å². The van der Waals surface area contributed by atoms with E-state index in [-0.39, 0.29) is 18.5 Å². The van der Waals surface area contributed by atoms with E-state index in [1.165, 1.54) is 6.07 Å². The predicted molar refractivity (Wildman–Crippen MR) is 72.2 cm³/mol. The molecule has 0 bridgehead atoms. The van der Waals surface area contributed by atoms with E-state index in [2.05, 4.69) is 4.98 Å². The highest BCUT2D eigenvalue weighted by Crippen LogP contribution is 2.17. The van der Waals surface area contributed by atoms with Crippen LogP contribution in [0, 0.1) is 5.82 Å². The summed E-state index contributed by atoms with van der Waals surface area (Å²) in [6.45, 7) is 2.20. The second-order valence-corrected chi connectivity index (χ2v) is 4.31. The summed E-state index contributed by atoms with van der Waals surface area (Å²) in [4.78, 5) is 4.24. The minimum absolute atomic E-state index is 0.0550. The summed E-state index contributed by atoms with van der Waals surface area (Å²) in [5.74, 6) is 0.343. The van der Waals surface area contributed by atoms with Crippen LogP contribution in [0.15, 0.2) is 42.6 Å². The van der Waals surface area contributed by atoms with Gasteiger partial charge in [-0.15, -0.1) is 0 Å². The zero-order valence-electron chi connectivity index (χ0n) is 10.8. The number of rotatable bonds is 5. The molecule has 0 amide bonds. The van der Waals surface area contributed by atoms with Crippen LogP contribution >= 0.6 is 0 Å². The Kier molecular flexibility index (Phi) is 4.47. The minimum Gasteiger partial charge on any atom is -0.487 e. The Balaban J connectivity index is 1.99. The van der Waals surface area contributed by atoms with Gasteiger partial charge < -0.3 is 10.5 Å². The summed E-state index contributed by atoms with van der Waals surface area (Å²) in [7, 11) is 0. The Hall–Kier alpha value is -1.94. The normalized spacial score (nSPS) is 12.2. The number of hydrogen-bond donors (Lipinski definition) is 1. The molecule has 4 heteroatoms. The van der Waals surface area contributed by atoms with Gasteiger partial charge in [0.2, 0.25) is 0 Å². The SMILES string of the molecule is CC[C@H](N)c1ccc(OCc2ccccc2F)cn1. The van der Waals surface area contributed by atoms with Crippen LogP contribution in [0.25, 0.3) is 0 Å². The highest BCUT2D eigenvalue weighted by atomic mass is 19.1. The smallest absolute Gasteiger partial charge is 0.138 e. The molecule has 0 saturated carbocycles. The zero-order valence-corrected chi connectivity index (χ0v) is 10.8. The summed E-state index contributed by atoms with van der Waals surface area (Å²) in [6, 6.07) is 10.1. The molecule has 1 atom stereocenters. The Bertz CT molecular complexity index is 528. The molecule has 1 aromatic heterocycles. The first-order chi connectivity index (χ1) is 9.20. The second kappa shape index (κ2) is 6.29. The number of aromatic nitrogens is 1. The number of hydrogen-bond acceptors (Lipinski definition) is 3. The molecular formula is C15H17FN2O. The number of pyridine rings is 1. The molecular weight excluding hydrogens is 243 g/mol. The van der Waals surface area contributed by atoms with Gasteiger partial charge in [-0.1, -0.05) is 25.1 Å². The lowest BCUT2D eigenvalue weighted by molar-refractivity contribution is 0.298. The summed E-state index contributed by atoms with van der Waals surface area (Å²) < 4.78 is 18.9. The van der Waals surface area contributed by atoms with Crippen molar-refractivity contribution in [2.24, 2.45) is 5.73 Å². The van der Waals surface area contributed by atoms with Gasteiger partial charge in [0.1, 0.15) is 18.2 Å². The number of nitrogens with two attached hydrogens (primary N) is 1. The molecule has 2 N–H and O–H groups in total. The van der Waals surface area contributed by atoms with E-state index in [4.69, 9.17) is 10.5 Å². The molecule has 2 aromatic rings. The van der Waals surface area contributed by atoms with Gasteiger partial charge in [-0.2, -0.15) is 0 Å². The van der Waals surface area contributed by atoms with Crippen molar-refractivity contribution >= 4 is 0 Å². The fourth-order valence-corrected chi connectivity index (χ4v) is 1.68. The van der Waals surface area contributed by atoms with Crippen LogP contribution in [0.5, 0.6) is 5.75 Å². The van der Waals surface area contributed by atoms with Gasteiger partial charge in [0.15, 0.2) is 0 Å². The summed E-state index contributed by atoms with van der Waals surface area (Å²) >= 11 is 0. The molecule has 1 heterocycles. The van der Waals surface area contributed by atoms with Crippen LogP contribution in [-0.2, 0) is 6.61 Å². The zero-order chi connectivity index (χ0) is 13.7. The molecule has 0 spiro atoms. The molecule has 0 saturated heterocycles. The van der Waals surface area contributed by atoms with Crippen molar-refractivity contribution in [3.05, 3.63) is 59.7 Å². The number of benzene rings is 1. The molecule has 0 aliphatic rings. The number of halogens is 1. The van der Waals surface area contributed by atoms with E-state index in [0.717, 1.165) is 12.1 Å². The molecule has 0 aliphatic heterocycles. The molecule has 0 radical (unpaired) electrons. The van der Waals surface area contributed by atoms with Crippen molar-refractivity contribution in [3.8, 4) is 5.75 Å². The summed E-state index contributed by atoms with van der Waals surface area (Å²) in [6.07, 6.45) is 2.45. The van der Waals surface area contributed by atoms with Crippen molar-refractivity contribution in [2.45, 2.75) is 26.0 Å². The third-order valence-corrected chi connectivity index (χ3v) is 2.93. The predicted octanol–water partition coefficient (Wildman–Crippen LogP) is 3.21. The highest BCUT2D eigenvalue weighted by Gasteiger charge is 2.05. The van der Waals surface area contributed by atoms with Crippen LogP contribution in [0.4, 0.5) is 4.39 Å². The first kappa shape index (κ1) is 13.5. The molecule has 0 fully saturated rings. The fourth-order valence-electron chi connectivity index (χ4n) is 1.68. The highest BCUT2D eigenvalue weighted by molar-refractivity contribution is 5.23. The number of nitrogens with zero attached hydrogens (tertiary/aromatic N) is 1. The van der Waals surface area contributed by atoms with Gasteiger partial charge in [-0.25, -0.2) is 4.39 Å². The molecule has 1 aromatic carbocycles. The van der Waals surface area contributed by atoms with E-state index in [0.29, 0.717) is 11.3 Å². The Labute approximate surface area is 112 Å². The topological polar surface area (TPSA) is 48.1 Å². The number of ether oxygens (including phenoxy) is 1. The maximum Gasteiger partial charge on any atom is 0.138 e. The van der Waals surface area contributed by atoms with E-state index in [1.54, 1.807) is 30.5 Å². The van der Waals surface area contributed by atoms with Gasteiger partial charge in [-0.05, 0) is 24.6 Å². The van der Waals surface area contributed by atoms with E-state index in [9.17, 15) is 4.39 Å². The van der Waals surface area contributed by atoms with Crippen LogP contribution in [0.1, 0.15) is 30.6 Å². The first-order valence-electron chi connectivity index (χ1n) is 6.28. The van der Waals surface area contributed by atoms with E-state index < -0.39 is 0 Å². The minimum atomic E-state index is -0.264. The molecule has 100 valence electrons. The van der Waals surface area contributed by atoms with Gasteiger partial charge in [0.25, 0.3) is 0 Å². The van der Waals surface area contributed by atoms with Crippen LogP contribution in [-0.4, -0.2) is 4.98 Å². The maximum atomic E-state index is 13.4. The molecule has 19 heavy (non-hydrogen) atoms. The standard InChI is InChI=1S/C15H17FN2O/c1-2-14(17)15-8-7-12(9-18-15)19-10-11-5-3-4-6-13(11)16/h3-9,14H,2,10,17H2,1H3/t14-/m0/s1. The Morgan fingerprint density at radius 3 is 2.68 bits per heavy atom. The lowest BCUT2D eigenvalue weighted by Gasteiger charge is -2.10. The van der Waals surface area contributed by atoms with Crippen molar-refractivity contribution in [2.75, 3.05) is 0 Å². The molecule has 0 aliphatic carbocycles. The fraction of sp³-hybridized carbons (Fsp3) is 0.267. The van der Waals surface area contributed by atoms with Gasteiger partial charge in [0.05, 0.1) is 11.9 Å². The second-order valence-electron chi connectivity index (χ2n) is 4.31. The van der Waals surface area contributed by atoms with Gasteiger partial charge in [-0.3, -0.25) is 4.98 Å². The average molecular weight is 260 g/mol. The monoisotopic (exact) mass is 260 g/mol. The quantitative estimate of drug-likeness (QED) is 0.898. The lowest BCUT2D eigenvalue weighted by atomic mass is 10.1. The largest absolute Gasteiger partial charge is 0.487 e. The molecule has 2 rings (SSSR count). The Morgan fingerprint density at radius 2 is 2.05 bits per heavy atom.